The van der Waals surface area contributed by atoms with Gasteiger partial charge < -0.3 is 0 Å². The van der Waals surface area contributed by atoms with E-state index < -0.39 is 0 Å². The molecule has 7 atom stereocenters. The van der Waals surface area contributed by atoms with Crippen molar-refractivity contribution in [1.82, 2.24) is 0 Å². The van der Waals surface area contributed by atoms with Crippen molar-refractivity contribution in [2.75, 3.05) is 0 Å². The van der Waals surface area contributed by atoms with E-state index in [1.165, 1.54) is 83.5 Å². The van der Waals surface area contributed by atoms with Crippen molar-refractivity contribution in [2.45, 2.75) is 125 Å². The molecule has 0 aromatic carbocycles. The fourth-order valence-corrected chi connectivity index (χ4v) is 9.45. The molecule has 0 aliphatic heterocycles. The van der Waals surface area contributed by atoms with Gasteiger partial charge in [0.15, 0.2) is 0 Å². The fraction of sp³-hybridized carbons (Fsp3) is 0.871. The summed E-state index contributed by atoms with van der Waals surface area (Å²) in [5.74, 6) is 4.58. The summed E-state index contributed by atoms with van der Waals surface area (Å²) in [5.41, 5.74) is 3.53. The van der Waals surface area contributed by atoms with Gasteiger partial charge in [0.25, 0.3) is 0 Å². The molecule has 0 saturated heterocycles. The van der Waals surface area contributed by atoms with Crippen molar-refractivity contribution in [3.05, 3.63) is 23.8 Å². The zero-order valence-corrected chi connectivity index (χ0v) is 21.8. The van der Waals surface area contributed by atoms with E-state index in [0.717, 1.165) is 29.6 Å². The predicted octanol–water partition coefficient (Wildman–Crippen LogP) is 9.75. The first-order valence-corrected chi connectivity index (χ1v) is 14.2. The summed E-state index contributed by atoms with van der Waals surface area (Å²) in [6, 6.07) is 0. The van der Waals surface area contributed by atoms with Gasteiger partial charge in [-0.05, 0) is 104 Å². The lowest BCUT2D eigenvalue weighted by Crippen LogP contribution is -2.49. The number of fused-ring (bicyclic) bond motifs is 5. The molecule has 0 amide bonds. The van der Waals surface area contributed by atoms with Crippen LogP contribution in [0.4, 0.5) is 0 Å². The standard InChI is InChI=1S/C31H52/c1-7-31(8-2,9-3)21-12-13-23(4)26-17-18-27-25-16-15-24-14-10-11-20-29(24,5)28(25)19-22-30(26,27)6/h12-13,15,23,25-28H,7-11,14,16-22H2,1-6H3/b13-12+. The van der Waals surface area contributed by atoms with Crippen LogP contribution >= 0.6 is 0 Å². The molecular weight excluding hydrogens is 372 g/mol. The minimum Gasteiger partial charge on any atom is -0.0877 e. The lowest BCUT2D eigenvalue weighted by atomic mass is 9.47. The normalized spacial score (nSPS) is 41.4. The Hall–Kier alpha value is -0.520. The van der Waals surface area contributed by atoms with Crippen LogP contribution in [0.5, 0.6) is 0 Å². The third-order valence-electron chi connectivity index (χ3n) is 12.0. The summed E-state index contributed by atoms with van der Waals surface area (Å²) in [7, 11) is 0. The van der Waals surface area contributed by atoms with Crippen LogP contribution in [0.25, 0.3) is 0 Å². The fourth-order valence-electron chi connectivity index (χ4n) is 9.45. The molecule has 176 valence electrons. The highest BCUT2D eigenvalue weighted by atomic mass is 14.6. The topological polar surface area (TPSA) is 0 Å². The lowest BCUT2D eigenvalue weighted by molar-refractivity contribution is -0.0462. The van der Waals surface area contributed by atoms with Gasteiger partial charge in [-0.15, -0.1) is 0 Å². The van der Waals surface area contributed by atoms with E-state index >= 15 is 0 Å². The lowest BCUT2D eigenvalue weighted by Gasteiger charge is -2.58. The van der Waals surface area contributed by atoms with Crippen LogP contribution in [0.3, 0.4) is 0 Å². The Morgan fingerprint density at radius 3 is 2.45 bits per heavy atom. The molecule has 0 heteroatoms. The van der Waals surface area contributed by atoms with Gasteiger partial charge in [-0.3, -0.25) is 0 Å². The zero-order chi connectivity index (χ0) is 22.3. The molecule has 0 bridgehead atoms. The van der Waals surface area contributed by atoms with Crippen LogP contribution in [0.1, 0.15) is 125 Å². The molecule has 4 aliphatic rings. The van der Waals surface area contributed by atoms with Crippen molar-refractivity contribution in [3.8, 4) is 0 Å². The number of hydrogen-bond acceptors (Lipinski definition) is 0. The second-order valence-corrected chi connectivity index (χ2v) is 12.7. The molecule has 0 aromatic rings. The summed E-state index contributed by atoms with van der Waals surface area (Å²) in [6.45, 7) is 15.1. The minimum absolute atomic E-state index is 0.540. The smallest absolute Gasteiger partial charge is 0.00853 e. The highest BCUT2D eigenvalue weighted by Gasteiger charge is 2.58. The molecule has 0 radical (unpaired) electrons. The van der Waals surface area contributed by atoms with Gasteiger partial charge in [0, 0.05) is 0 Å². The van der Waals surface area contributed by atoms with Gasteiger partial charge in [0.1, 0.15) is 0 Å². The Balaban J connectivity index is 1.47. The minimum atomic E-state index is 0.540. The summed E-state index contributed by atoms with van der Waals surface area (Å²) in [4.78, 5) is 0. The molecule has 0 nitrogen and oxygen atoms in total. The highest BCUT2D eigenvalue weighted by Crippen LogP contribution is 2.67. The monoisotopic (exact) mass is 424 g/mol. The molecule has 0 spiro atoms. The Labute approximate surface area is 194 Å². The summed E-state index contributed by atoms with van der Waals surface area (Å²) in [5, 5.41) is 0. The van der Waals surface area contributed by atoms with Crippen LogP contribution in [-0.2, 0) is 0 Å². The molecule has 3 fully saturated rings. The first-order chi connectivity index (χ1) is 14.8. The molecule has 0 heterocycles. The van der Waals surface area contributed by atoms with E-state index in [4.69, 9.17) is 0 Å². The van der Waals surface area contributed by atoms with E-state index in [0.29, 0.717) is 16.2 Å². The second-order valence-electron chi connectivity index (χ2n) is 12.7. The summed E-state index contributed by atoms with van der Waals surface area (Å²) in [6.07, 6.45) is 26.4. The first-order valence-electron chi connectivity index (χ1n) is 14.2. The van der Waals surface area contributed by atoms with Gasteiger partial charge in [0.05, 0.1) is 0 Å². The molecule has 7 unspecified atom stereocenters. The quantitative estimate of drug-likeness (QED) is 0.357. The maximum Gasteiger partial charge on any atom is -0.00853 e. The molecule has 31 heavy (non-hydrogen) atoms. The Morgan fingerprint density at radius 2 is 1.74 bits per heavy atom. The molecule has 3 saturated carbocycles. The van der Waals surface area contributed by atoms with Crippen molar-refractivity contribution >= 4 is 0 Å². The summed E-state index contributed by atoms with van der Waals surface area (Å²) >= 11 is 0. The van der Waals surface area contributed by atoms with Crippen molar-refractivity contribution in [3.63, 3.8) is 0 Å². The average Bonchev–Trinajstić information content (AvgIpc) is 3.14. The third-order valence-corrected chi connectivity index (χ3v) is 12.0. The van der Waals surface area contributed by atoms with Crippen LogP contribution in [0.15, 0.2) is 23.8 Å². The molecule has 0 N–H and O–H groups in total. The number of rotatable bonds is 7. The van der Waals surface area contributed by atoms with E-state index in [2.05, 4.69) is 59.8 Å². The van der Waals surface area contributed by atoms with Crippen LogP contribution in [0.2, 0.25) is 0 Å². The van der Waals surface area contributed by atoms with Gasteiger partial charge in [-0.25, -0.2) is 0 Å². The van der Waals surface area contributed by atoms with Crippen molar-refractivity contribution < 1.29 is 0 Å². The SMILES string of the molecule is CCC(CC)(CC)C/C=C/C(C)C1CCC2C3CC=C4CCCCC4(C)C3CCC12C. The van der Waals surface area contributed by atoms with Gasteiger partial charge in [0.2, 0.25) is 0 Å². The van der Waals surface area contributed by atoms with Crippen LogP contribution < -0.4 is 0 Å². The van der Waals surface area contributed by atoms with Crippen molar-refractivity contribution in [1.29, 1.82) is 0 Å². The highest BCUT2D eigenvalue weighted by molar-refractivity contribution is 5.24. The molecule has 0 aromatic heterocycles. The van der Waals surface area contributed by atoms with Gasteiger partial charge >= 0.3 is 0 Å². The maximum atomic E-state index is 2.74. The maximum absolute atomic E-state index is 2.74. The molecular formula is C31H52. The Kier molecular flexibility index (Phi) is 6.88. The Morgan fingerprint density at radius 1 is 1.00 bits per heavy atom. The third kappa shape index (κ3) is 3.91. The van der Waals surface area contributed by atoms with Crippen molar-refractivity contribution in [2.24, 2.45) is 45.8 Å². The zero-order valence-electron chi connectivity index (χ0n) is 21.8. The Bertz CT molecular complexity index is 670. The number of hydrogen-bond donors (Lipinski definition) is 0. The second kappa shape index (κ2) is 9.02. The largest absolute Gasteiger partial charge is 0.0877 e. The van der Waals surface area contributed by atoms with Gasteiger partial charge in [-0.1, -0.05) is 91.0 Å². The van der Waals surface area contributed by atoms with Crippen LogP contribution in [-0.4, -0.2) is 0 Å². The first kappa shape index (κ1) is 23.6. The van der Waals surface area contributed by atoms with E-state index in [1.807, 2.05) is 5.57 Å². The molecule has 4 rings (SSSR count). The number of allylic oxidation sites excluding steroid dienone is 4. The van der Waals surface area contributed by atoms with Crippen LogP contribution in [0, 0.1) is 45.8 Å². The van der Waals surface area contributed by atoms with Gasteiger partial charge in [-0.2, -0.15) is 0 Å². The predicted molar refractivity (Wildman–Crippen MR) is 136 cm³/mol. The molecule has 4 aliphatic carbocycles. The van der Waals surface area contributed by atoms with E-state index in [1.54, 1.807) is 0 Å². The van der Waals surface area contributed by atoms with E-state index in [9.17, 15) is 0 Å². The van der Waals surface area contributed by atoms with E-state index in [-0.39, 0.29) is 0 Å². The summed E-state index contributed by atoms with van der Waals surface area (Å²) < 4.78 is 0. The average molecular weight is 425 g/mol.